The van der Waals surface area contributed by atoms with E-state index in [9.17, 15) is 38.4 Å². The standard InChI is InChI=1S/C7H15NO2.C6H12O2.3C5H10O2.C5H12O.3C5H10O.C2H7NO/c1-5-6(2)7(9)8(3)10-4;1-4-5(2)6(7)8-3;3*1-3-4(2)5(6)7;4*1-3-5(2)4-6;1-3-4-2/h6H,5H2,1-4H3;5H,4H2,1-3H3;3*4H,3H2,1-2H3,(H,6,7);5-6H,3-4H2,1-2H3;3*4-5H,3H2,1-2H3;3H,1-2H3. The van der Waals surface area contributed by atoms with Gasteiger partial charge in [0.25, 0.3) is 0 Å². The second kappa shape index (κ2) is 68.8. The lowest BCUT2D eigenvalue weighted by molar-refractivity contribution is -0.172. The predicted octanol–water partition coefficient (Wildman–Crippen LogP) is 10.1. The number of ether oxygens (including phenoxy) is 1. The highest BCUT2D eigenvalue weighted by Gasteiger charge is 2.14. The molecule has 0 aromatic heterocycles. The number of carbonyl (C=O) groups is 8. The smallest absolute Gasteiger partial charge is 0.308 e. The summed E-state index contributed by atoms with van der Waals surface area (Å²) in [4.78, 5) is 89.6. The highest BCUT2D eigenvalue weighted by molar-refractivity contribution is 5.77. The molecule has 17 nitrogen and oxygen atoms in total. The number of esters is 1. The van der Waals surface area contributed by atoms with Crippen molar-refractivity contribution in [3.63, 3.8) is 0 Å². The van der Waals surface area contributed by atoms with Gasteiger partial charge in [-0.05, 0) is 57.3 Å². The van der Waals surface area contributed by atoms with Crippen LogP contribution in [-0.4, -0.2) is 116 Å². The average molecular weight is 975 g/mol. The zero-order valence-electron chi connectivity index (χ0n) is 46.7. The van der Waals surface area contributed by atoms with Crippen LogP contribution in [0.5, 0.6) is 0 Å². The maximum atomic E-state index is 11.1. The quantitative estimate of drug-likeness (QED) is 0.0432. The first-order chi connectivity index (χ1) is 31.0. The van der Waals surface area contributed by atoms with Crippen molar-refractivity contribution in [1.82, 2.24) is 10.5 Å². The molecular weight excluding hydrogens is 869 g/mol. The number of aliphatic hydroxyl groups is 1. The molecule has 1 amide bonds. The predicted molar refractivity (Wildman–Crippen MR) is 271 cm³/mol. The number of hydroxylamine groups is 3. The maximum absolute atomic E-state index is 11.1. The number of methoxy groups -OCH3 is 1. The van der Waals surface area contributed by atoms with E-state index in [-0.39, 0.29) is 59.2 Å². The lowest BCUT2D eigenvalue weighted by Gasteiger charge is -2.16. The Kier molecular flexibility index (Phi) is 88.7. The minimum atomic E-state index is -0.706. The molecule has 0 aliphatic heterocycles. The van der Waals surface area contributed by atoms with E-state index in [1.807, 2.05) is 96.9 Å². The Morgan fingerprint density at radius 2 is 0.746 bits per heavy atom. The Morgan fingerprint density at radius 3 is 0.806 bits per heavy atom. The second-order valence-electron chi connectivity index (χ2n) is 15.8. The molecule has 67 heavy (non-hydrogen) atoms. The molecule has 0 spiro atoms. The summed E-state index contributed by atoms with van der Waals surface area (Å²) in [5.74, 6) is -1.38. The number of aliphatic carboxylic acids is 3. The zero-order valence-corrected chi connectivity index (χ0v) is 46.7. The van der Waals surface area contributed by atoms with Crippen LogP contribution in [0.4, 0.5) is 0 Å². The molecule has 0 fully saturated rings. The van der Waals surface area contributed by atoms with E-state index < -0.39 is 17.9 Å². The van der Waals surface area contributed by atoms with Gasteiger partial charge in [-0.3, -0.25) is 28.8 Å². The van der Waals surface area contributed by atoms with Gasteiger partial charge in [-0.2, -0.15) is 0 Å². The van der Waals surface area contributed by atoms with Gasteiger partial charge < -0.3 is 44.4 Å². The number of carboxylic acids is 3. The lowest BCUT2D eigenvalue weighted by atomic mass is 10.1. The van der Waals surface area contributed by atoms with Crippen molar-refractivity contribution in [3.05, 3.63) is 0 Å². The topological polar surface area (TPSA) is 260 Å². The second-order valence-corrected chi connectivity index (χ2v) is 15.8. The fourth-order valence-corrected chi connectivity index (χ4v) is 1.88. The Morgan fingerprint density at radius 1 is 0.493 bits per heavy atom. The number of hydrogen-bond donors (Lipinski definition) is 5. The first-order valence-electron chi connectivity index (χ1n) is 23.8. The van der Waals surface area contributed by atoms with Gasteiger partial charge >= 0.3 is 23.9 Å². The van der Waals surface area contributed by atoms with Crippen molar-refractivity contribution < 1.29 is 73.2 Å². The molecule has 0 aliphatic rings. The number of amides is 1. The minimum Gasteiger partial charge on any atom is -0.481 e. The molecule has 9 atom stereocenters. The van der Waals surface area contributed by atoms with Crippen LogP contribution in [0.2, 0.25) is 0 Å². The third kappa shape index (κ3) is 86.0. The van der Waals surface area contributed by atoms with Crippen LogP contribution in [0.15, 0.2) is 0 Å². The van der Waals surface area contributed by atoms with Crippen molar-refractivity contribution in [1.29, 1.82) is 0 Å². The van der Waals surface area contributed by atoms with Gasteiger partial charge in [0.2, 0.25) is 5.91 Å². The summed E-state index contributed by atoms with van der Waals surface area (Å²) in [5.41, 5.74) is 2.43. The number of rotatable bonds is 20. The van der Waals surface area contributed by atoms with Gasteiger partial charge in [0, 0.05) is 44.4 Å². The van der Waals surface area contributed by atoms with E-state index in [1.165, 1.54) is 19.3 Å². The van der Waals surface area contributed by atoms with Gasteiger partial charge in [-0.15, -0.1) is 0 Å². The van der Waals surface area contributed by atoms with Crippen LogP contribution >= 0.6 is 0 Å². The molecule has 5 N–H and O–H groups in total. The molecular formula is C50H106N2O15. The first kappa shape index (κ1) is 86.4. The molecule has 17 heteroatoms. The van der Waals surface area contributed by atoms with Crippen LogP contribution in [0, 0.1) is 53.3 Å². The van der Waals surface area contributed by atoms with E-state index in [1.54, 1.807) is 42.0 Å². The van der Waals surface area contributed by atoms with Crippen molar-refractivity contribution in [3.8, 4) is 0 Å². The summed E-state index contributed by atoms with van der Waals surface area (Å²) in [7, 11) is 7.79. The van der Waals surface area contributed by atoms with Gasteiger partial charge in [0.05, 0.1) is 45.0 Å². The van der Waals surface area contributed by atoms with Gasteiger partial charge in [-0.1, -0.05) is 131 Å². The monoisotopic (exact) mass is 975 g/mol. The summed E-state index contributed by atoms with van der Waals surface area (Å²) in [6.07, 6.45) is 10.7. The third-order valence-electron chi connectivity index (χ3n) is 9.78. The summed E-state index contributed by atoms with van der Waals surface area (Å²) in [5, 5.41) is 34.1. The van der Waals surface area contributed by atoms with E-state index in [0.29, 0.717) is 12.5 Å². The Bertz CT molecular complexity index is 997. The molecule has 0 heterocycles. The van der Waals surface area contributed by atoms with Crippen molar-refractivity contribution in [2.45, 2.75) is 182 Å². The Labute approximate surface area is 409 Å². The summed E-state index contributed by atoms with van der Waals surface area (Å²) < 4.78 is 4.46. The fraction of sp³-hybridized carbons (Fsp3) is 0.840. The van der Waals surface area contributed by atoms with Crippen molar-refractivity contribution in [2.75, 3.05) is 42.0 Å². The fourth-order valence-electron chi connectivity index (χ4n) is 1.88. The lowest BCUT2D eigenvalue weighted by Crippen LogP contribution is -2.30. The van der Waals surface area contributed by atoms with Gasteiger partial charge in [0.1, 0.15) is 18.9 Å². The third-order valence-corrected chi connectivity index (χ3v) is 9.78. The highest BCUT2D eigenvalue weighted by Crippen LogP contribution is 2.04. The molecule has 0 aromatic rings. The molecule has 0 saturated carbocycles. The molecule has 0 bridgehead atoms. The summed E-state index contributed by atoms with van der Waals surface area (Å²) in [6, 6.07) is 0. The average Bonchev–Trinajstić information content (AvgIpc) is 3.36. The van der Waals surface area contributed by atoms with E-state index in [0.717, 1.165) is 76.6 Å². The zero-order chi connectivity index (χ0) is 55.7. The first-order valence-corrected chi connectivity index (χ1v) is 23.8. The van der Waals surface area contributed by atoms with E-state index in [4.69, 9.17) is 25.3 Å². The maximum Gasteiger partial charge on any atom is 0.308 e. The molecule has 0 aliphatic carbocycles. The normalized spacial score (nSPS) is 13.1. The number of nitrogens with zero attached hydrogens (tertiary/aromatic N) is 1. The van der Waals surface area contributed by atoms with Gasteiger partial charge in [0.15, 0.2) is 0 Å². The molecule has 9 unspecified atom stereocenters. The van der Waals surface area contributed by atoms with E-state index >= 15 is 0 Å². The number of hydrogen-bond acceptors (Lipinski definition) is 13. The number of aldehydes is 3. The Balaban J connectivity index is -0.0000000678. The number of carboxylic acid groups (broad SMARTS) is 3. The van der Waals surface area contributed by atoms with E-state index in [2.05, 4.69) is 22.0 Å². The van der Waals surface area contributed by atoms with Crippen LogP contribution in [0.25, 0.3) is 0 Å². The number of aliphatic hydroxyl groups excluding tert-OH is 1. The van der Waals surface area contributed by atoms with Crippen molar-refractivity contribution in [2.24, 2.45) is 53.3 Å². The Hall–Kier alpha value is -3.80. The SMILES string of the molecule is CCC(C)C(=O)N(C)OC.CCC(C)C(=O)O.CCC(C)C(=O)O.CCC(C)C(=O)O.CCC(C)C(=O)OC.CCC(C)C=O.CCC(C)C=O.CCC(C)C=O.CCC(C)CO.CNOC. The van der Waals surface area contributed by atoms with Crippen LogP contribution in [-0.2, 0) is 52.8 Å². The molecule has 0 rings (SSSR count). The molecule has 406 valence electrons. The summed E-state index contributed by atoms with van der Waals surface area (Å²) in [6.45, 7) is 34.5. The van der Waals surface area contributed by atoms with Crippen LogP contribution in [0.3, 0.4) is 0 Å². The van der Waals surface area contributed by atoms with Crippen molar-refractivity contribution >= 4 is 48.6 Å². The summed E-state index contributed by atoms with van der Waals surface area (Å²) >= 11 is 0. The molecule has 0 radical (unpaired) electrons. The van der Waals surface area contributed by atoms with Gasteiger partial charge in [-0.25, -0.2) is 10.5 Å². The highest BCUT2D eigenvalue weighted by atomic mass is 16.7. The molecule has 0 saturated heterocycles. The van der Waals surface area contributed by atoms with Crippen LogP contribution < -0.4 is 5.48 Å². The number of nitrogens with one attached hydrogen (secondary N) is 1. The number of carbonyl (C=O) groups excluding carboxylic acids is 5. The van der Waals surface area contributed by atoms with Crippen LogP contribution in [0.1, 0.15) is 182 Å². The molecule has 0 aromatic carbocycles. The minimum absolute atomic E-state index is 0.0324. The largest absolute Gasteiger partial charge is 0.481 e.